The van der Waals surface area contributed by atoms with Gasteiger partial charge in [-0.05, 0) is 54.8 Å². The van der Waals surface area contributed by atoms with Gasteiger partial charge >= 0.3 is 0 Å². The zero-order valence-electron chi connectivity index (χ0n) is 14.7. The molecule has 0 aliphatic carbocycles. The summed E-state index contributed by atoms with van der Waals surface area (Å²) in [6, 6.07) is 18.5. The molecule has 0 heteroatoms. The summed E-state index contributed by atoms with van der Waals surface area (Å²) in [4.78, 5) is 0. The van der Waals surface area contributed by atoms with Crippen molar-refractivity contribution in [2.24, 2.45) is 0 Å². The van der Waals surface area contributed by atoms with E-state index in [0.29, 0.717) is 5.92 Å². The largest absolute Gasteiger partial charge is 0.0587 e. The first kappa shape index (κ1) is 14.5. The summed E-state index contributed by atoms with van der Waals surface area (Å²) in [5.41, 5.74) is 3.03. The van der Waals surface area contributed by atoms with Gasteiger partial charge in [-0.15, -0.1) is 0 Å². The van der Waals surface area contributed by atoms with E-state index in [1.165, 1.54) is 43.4 Å². The van der Waals surface area contributed by atoms with Crippen molar-refractivity contribution >= 4 is 32.3 Å². The minimum Gasteiger partial charge on any atom is -0.0587 e. The molecule has 0 nitrogen and oxygen atoms in total. The zero-order valence-corrected chi connectivity index (χ0v) is 14.7. The van der Waals surface area contributed by atoms with Crippen LogP contribution < -0.4 is 0 Å². The van der Waals surface area contributed by atoms with Crippen LogP contribution in [0.15, 0.2) is 48.5 Å². The Bertz CT molecular complexity index is 994. The Balaban J connectivity index is 2.20. The van der Waals surface area contributed by atoms with E-state index in [9.17, 15) is 0 Å². The van der Waals surface area contributed by atoms with Gasteiger partial charge in [0.05, 0.1) is 0 Å². The fourth-order valence-electron chi connectivity index (χ4n) is 3.78. The molecule has 0 aliphatic heterocycles. The SMILES string of the molecule is CC(C)c1ccc2ccc3cc(C(C)(C)C)cc4ccc1c2c34. The third-order valence-electron chi connectivity index (χ3n) is 5.12. The predicted molar refractivity (Wildman–Crippen MR) is 103 cm³/mol. The second-order valence-corrected chi connectivity index (χ2v) is 8.13. The molecule has 0 aromatic heterocycles. The van der Waals surface area contributed by atoms with Gasteiger partial charge in [-0.1, -0.05) is 83.1 Å². The normalized spacial score (nSPS) is 13.0. The second kappa shape index (κ2) is 4.71. The highest BCUT2D eigenvalue weighted by Gasteiger charge is 2.17. The van der Waals surface area contributed by atoms with Crippen LogP contribution in [0.3, 0.4) is 0 Å². The average Bonchev–Trinajstić information content (AvgIpc) is 2.50. The van der Waals surface area contributed by atoms with Gasteiger partial charge in [0.1, 0.15) is 0 Å². The predicted octanol–water partition coefficient (Wildman–Crippen LogP) is 7.00. The lowest BCUT2D eigenvalue weighted by atomic mass is 9.82. The third kappa shape index (κ3) is 2.12. The van der Waals surface area contributed by atoms with Crippen molar-refractivity contribution in [1.82, 2.24) is 0 Å². The Morgan fingerprint density at radius 1 is 0.696 bits per heavy atom. The van der Waals surface area contributed by atoms with Crippen molar-refractivity contribution in [3.8, 4) is 0 Å². The number of hydrogen-bond donors (Lipinski definition) is 0. The van der Waals surface area contributed by atoms with E-state index >= 15 is 0 Å². The highest BCUT2D eigenvalue weighted by molar-refractivity contribution is 6.23. The van der Waals surface area contributed by atoms with E-state index in [2.05, 4.69) is 83.1 Å². The lowest BCUT2D eigenvalue weighted by Crippen LogP contribution is -2.10. The van der Waals surface area contributed by atoms with Crippen LogP contribution in [0.25, 0.3) is 32.3 Å². The quantitative estimate of drug-likeness (QED) is 0.332. The lowest BCUT2D eigenvalue weighted by molar-refractivity contribution is 0.591. The average molecular weight is 300 g/mol. The summed E-state index contributed by atoms with van der Waals surface area (Å²) in [5, 5.41) is 8.37. The summed E-state index contributed by atoms with van der Waals surface area (Å²) >= 11 is 0. The molecule has 0 bridgehead atoms. The maximum absolute atomic E-state index is 2.38. The maximum atomic E-state index is 2.38. The molecule has 0 spiro atoms. The van der Waals surface area contributed by atoms with Crippen LogP contribution >= 0.6 is 0 Å². The highest BCUT2D eigenvalue weighted by Crippen LogP contribution is 2.39. The van der Waals surface area contributed by atoms with Crippen LogP contribution in [0.2, 0.25) is 0 Å². The monoisotopic (exact) mass is 300 g/mol. The number of benzene rings is 4. The van der Waals surface area contributed by atoms with Gasteiger partial charge in [-0.2, -0.15) is 0 Å². The van der Waals surface area contributed by atoms with E-state index < -0.39 is 0 Å². The summed E-state index contributed by atoms with van der Waals surface area (Å²) in [5.74, 6) is 0.546. The van der Waals surface area contributed by atoms with E-state index in [1.807, 2.05) is 0 Å². The van der Waals surface area contributed by atoms with Gasteiger partial charge in [0.15, 0.2) is 0 Å². The Morgan fingerprint density at radius 2 is 1.26 bits per heavy atom. The molecular formula is C23H24. The van der Waals surface area contributed by atoms with Crippen LogP contribution in [0.4, 0.5) is 0 Å². The smallest absolute Gasteiger partial charge is 0.00239 e. The molecule has 0 heterocycles. The van der Waals surface area contributed by atoms with Crippen molar-refractivity contribution in [3.05, 3.63) is 59.7 Å². The highest BCUT2D eigenvalue weighted by atomic mass is 14.2. The molecule has 4 aromatic carbocycles. The van der Waals surface area contributed by atoms with Crippen molar-refractivity contribution in [2.45, 2.75) is 46.0 Å². The molecule has 0 aliphatic rings. The van der Waals surface area contributed by atoms with Crippen LogP contribution in [0.5, 0.6) is 0 Å². The van der Waals surface area contributed by atoms with Crippen LogP contribution in [-0.2, 0) is 5.41 Å². The molecule has 0 unspecified atom stereocenters. The molecule has 116 valence electrons. The van der Waals surface area contributed by atoms with Crippen LogP contribution in [0.1, 0.15) is 51.7 Å². The first-order valence-electron chi connectivity index (χ1n) is 8.58. The molecular weight excluding hydrogens is 276 g/mol. The minimum atomic E-state index is 0.174. The molecule has 0 saturated heterocycles. The minimum absolute atomic E-state index is 0.174. The molecule has 0 radical (unpaired) electrons. The van der Waals surface area contributed by atoms with Gasteiger partial charge < -0.3 is 0 Å². The summed E-state index contributed by atoms with van der Waals surface area (Å²) in [6.07, 6.45) is 0. The Kier molecular flexibility index (Phi) is 2.97. The van der Waals surface area contributed by atoms with Crippen molar-refractivity contribution in [3.63, 3.8) is 0 Å². The van der Waals surface area contributed by atoms with Gasteiger partial charge in [0.2, 0.25) is 0 Å². The van der Waals surface area contributed by atoms with Gasteiger partial charge in [0.25, 0.3) is 0 Å². The van der Waals surface area contributed by atoms with Crippen LogP contribution in [-0.4, -0.2) is 0 Å². The van der Waals surface area contributed by atoms with Gasteiger partial charge in [-0.3, -0.25) is 0 Å². The molecule has 0 amide bonds. The first-order valence-corrected chi connectivity index (χ1v) is 8.58. The molecule has 0 N–H and O–H groups in total. The van der Waals surface area contributed by atoms with Crippen molar-refractivity contribution in [1.29, 1.82) is 0 Å². The number of rotatable bonds is 1. The second-order valence-electron chi connectivity index (χ2n) is 8.13. The standard InChI is InChI=1S/C23H24/c1-14(2)19-10-8-15-6-7-16-12-18(23(3,4)5)13-17-9-11-20(19)22(15)21(16)17/h6-14H,1-5H3. The fourth-order valence-corrected chi connectivity index (χ4v) is 3.78. The molecule has 0 saturated carbocycles. The van der Waals surface area contributed by atoms with E-state index in [1.54, 1.807) is 0 Å². The summed E-state index contributed by atoms with van der Waals surface area (Å²) in [6.45, 7) is 11.4. The van der Waals surface area contributed by atoms with E-state index in [0.717, 1.165) is 0 Å². The van der Waals surface area contributed by atoms with E-state index in [-0.39, 0.29) is 5.41 Å². The topological polar surface area (TPSA) is 0 Å². The van der Waals surface area contributed by atoms with Gasteiger partial charge in [0, 0.05) is 0 Å². The molecule has 0 atom stereocenters. The molecule has 0 fully saturated rings. The molecule has 23 heavy (non-hydrogen) atoms. The number of hydrogen-bond acceptors (Lipinski definition) is 0. The maximum Gasteiger partial charge on any atom is -0.00239 e. The van der Waals surface area contributed by atoms with E-state index in [4.69, 9.17) is 0 Å². The van der Waals surface area contributed by atoms with Crippen molar-refractivity contribution in [2.75, 3.05) is 0 Å². The summed E-state index contributed by atoms with van der Waals surface area (Å²) in [7, 11) is 0. The van der Waals surface area contributed by atoms with Crippen LogP contribution in [0, 0.1) is 0 Å². The van der Waals surface area contributed by atoms with Crippen molar-refractivity contribution < 1.29 is 0 Å². The Labute approximate surface area is 138 Å². The summed E-state index contributed by atoms with van der Waals surface area (Å²) < 4.78 is 0. The third-order valence-corrected chi connectivity index (χ3v) is 5.12. The fraction of sp³-hybridized carbons (Fsp3) is 0.304. The Morgan fingerprint density at radius 3 is 1.87 bits per heavy atom. The van der Waals surface area contributed by atoms with Gasteiger partial charge in [-0.25, -0.2) is 0 Å². The Hall–Kier alpha value is -2.08. The first-order chi connectivity index (χ1) is 10.9. The lowest BCUT2D eigenvalue weighted by Gasteiger charge is -2.22. The zero-order chi connectivity index (χ0) is 16.4. The molecule has 4 aromatic rings. The molecule has 4 rings (SSSR count).